The summed E-state index contributed by atoms with van der Waals surface area (Å²) in [6, 6.07) is 25.4. The first kappa shape index (κ1) is 21.0. The predicted octanol–water partition coefficient (Wildman–Crippen LogP) is 5.36. The number of aryl methyl sites for hydroxylation is 1. The summed E-state index contributed by atoms with van der Waals surface area (Å²) >= 11 is 0. The molecule has 0 aliphatic rings. The molecular formula is C25H23NO4S. The summed E-state index contributed by atoms with van der Waals surface area (Å²) in [6.45, 7) is 2.07. The van der Waals surface area contributed by atoms with Gasteiger partial charge in [-0.2, -0.15) is 0 Å². The molecule has 5 nitrogen and oxygen atoms in total. The summed E-state index contributed by atoms with van der Waals surface area (Å²) in [6.07, 6.45) is 0. The average Bonchev–Trinajstić information content (AvgIpc) is 3.19. The second kappa shape index (κ2) is 8.88. The predicted molar refractivity (Wildman–Crippen MR) is 119 cm³/mol. The largest absolute Gasteiger partial charge is 0.441 e. The summed E-state index contributed by atoms with van der Waals surface area (Å²) in [5.74, 6) is 0.612. The molecule has 4 rings (SSSR count). The van der Waals surface area contributed by atoms with Crippen LogP contribution in [0.4, 0.5) is 0 Å². The Morgan fingerprint density at radius 1 is 0.903 bits per heavy atom. The van der Waals surface area contributed by atoms with Crippen LogP contribution in [-0.4, -0.2) is 20.5 Å². The Bertz CT molecular complexity index is 1250. The normalized spacial score (nSPS) is 12.6. The summed E-state index contributed by atoms with van der Waals surface area (Å²) < 4.78 is 39.0. The van der Waals surface area contributed by atoms with Crippen molar-refractivity contribution in [3.05, 3.63) is 108 Å². The van der Waals surface area contributed by atoms with Gasteiger partial charge < -0.3 is 9.15 Å². The lowest BCUT2D eigenvalue weighted by Gasteiger charge is -2.18. The fourth-order valence-corrected chi connectivity index (χ4v) is 5.25. The van der Waals surface area contributed by atoms with Gasteiger partial charge >= 0.3 is 0 Å². The Morgan fingerprint density at radius 3 is 2.13 bits per heavy atom. The summed E-state index contributed by atoms with van der Waals surface area (Å²) in [5.41, 5.74) is 2.88. The van der Waals surface area contributed by atoms with Crippen molar-refractivity contribution in [3.63, 3.8) is 0 Å². The maximum Gasteiger partial charge on any atom is 0.221 e. The van der Waals surface area contributed by atoms with Gasteiger partial charge in [0, 0.05) is 12.7 Å². The zero-order valence-electron chi connectivity index (χ0n) is 17.4. The number of nitrogens with zero attached hydrogens (tertiary/aromatic N) is 1. The van der Waals surface area contributed by atoms with Gasteiger partial charge in [0.25, 0.3) is 0 Å². The average molecular weight is 434 g/mol. The number of sulfone groups is 1. The highest BCUT2D eigenvalue weighted by Gasteiger charge is 2.36. The van der Waals surface area contributed by atoms with Crippen LogP contribution in [0.5, 0.6) is 0 Å². The highest BCUT2D eigenvalue weighted by molar-refractivity contribution is 7.91. The number of hydrogen-bond acceptors (Lipinski definition) is 5. The molecule has 0 saturated heterocycles. The lowest BCUT2D eigenvalue weighted by atomic mass is 10.0. The molecule has 0 spiro atoms. The van der Waals surface area contributed by atoms with E-state index in [0.29, 0.717) is 17.1 Å². The molecule has 1 unspecified atom stereocenters. The quantitative estimate of drug-likeness (QED) is 0.392. The van der Waals surface area contributed by atoms with Crippen molar-refractivity contribution in [2.75, 3.05) is 7.11 Å². The van der Waals surface area contributed by atoms with Crippen LogP contribution in [0.2, 0.25) is 0 Å². The molecule has 0 aliphatic carbocycles. The molecular weight excluding hydrogens is 410 g/mol. The molecule has 0 amide bonds. The monoisotopic (exact) mass is 433 g/mol. The van der Waals surface area contributed by atoms with Crippen LogP contribution in [0.15, 0.2) is 94.2 Å². The number of hydrogen-bond donors (Lipinski definition) is 0. The van der Waals surface area contributed by atoms with Gasteiger partial charge in [-0.1, -0.05) is 78.4 Å². The Kier molecular flexibility index (Phi) is 6.02. The van der Waals surface area contributed by atoms with Crippen LogP contribution in [0.1, 0.15) is 28.0 Å². The van der Waals surface area contributed by atoms with Crippen molar-refractivity contribution in [2.45, 2.75) is 23.7 Å². The van der Waals surface area contributed by atoms with Crippen molar-refractivity contribution < 1.29 is 17.6 Å². The zero-order valence-corrected chi connectivity index (χ0v) is 18.2. The molecule has 3 aromatic carbocycles. The third-order valence-corrected chi connectivity index (χ3v) is 7.05. The van der Waals surface area contributed by atoms with Crippen molar-refractivity contribution in [1.29, 1.82) is 0 Å². The maximum absolute atomic E-state index is 13.9. The second-order valence-corrected chi connectivity index (χ2v) is 9.30. The number of oxazole rings is 1. The molecule has 1 atom stereocenters. The van der Waals surface area contributed by atoms with E-state index >= 15 is 0 Å². The molecule has 0 radical (unpaired) electrons. The van der Waals surface area contributed by atoms with E-state index in [1.165, 1.54) is 0 Å². The fourth-order valence-electron chi connectivity index (χ4n) is 3.51. The molecule has 6 heteroatoms. The van der Waals surface area contributed by atoms with Gasteiger partial charge in [0.2, 0.25) is 5.89 Å². The number of aromatic nitrogens is 1. The van der Waals surface area contributed by atoms with Crippen LogP contribution < -0.4 is 0 Å². The minimum atomic E-state index is -3.83. The van der Waals surface area contributed by atoms with E-state index in [1.54, 1.807) is 43.5 Å². The van der Waals surface area contributed by atoms with E-state index in [-0.39, 0.29) is 17.3 Å². The van der Waals surface area contributed by atoms with Crippen LogP contribution in [0, 0.1) is 6.92 Å². The highest BCUT2D eigenvalue weighted by Crippen LogP contribution is 2.40. The Labute approximate surface area is 182 Å². The third kappa shape index (κ3) is 4.31. The van der Waals surface area contributed by atoms with Crippen molar-refractivity contribution in [2.24, 2.45) is 0 Å². The number of rotatable bonds is 7. The molecule has 0 aliphatic heterocycles. The first-order valence-electron chi connectivity index (χ1n) is 9.90. The van der Waals surface area contributed by atoms with Crippen LogP contribution in [0.3, 0.4) is 0 Å². The Balaban J connectivity index is 1.96. The van der Waals surface area contributed by atoms with Gasteiger partial charge in [-0.3, -0.25) is 0 Å². The smallest absolute Gasteiger partial charge is 0.221 e. The minimum absolute atomic E-state index is 0.145. The lowest BCUT2D eigenvalue weighted by molar-refractivity contribution is 0.158. The van der Waals surface area contributed by atoms with Gasteiger partial charge in [-0.15, -0.1) is 0 Å². The fraction of sp³-hybridized carbons (Fsp3) is 0.160. The molecule has 158 valence electrons. The van der Waals surface area contributed by atoms with Crippen LogP contribution in [-0.2, 0) is 21.2 Å². The first-order chi connectivity index (χ1) is 15.0. The minimum Gasteiger partial charge on any atom is -0.441 e. The zero-order chi connectivity index (χ0) is 21.8. The van der Waals surface area contributed by atoms with E-state index in [2.05, 4.69) is 4.98 Å². The summed E-state index contributed by atoms with van der Waals surface area (Å²) in [7, 11) is -2.29. The Morgan fingerprint density at radius 2 is 1.52 bits per heavy atom. The van der Waals surface area contributed by atoms with E-state index in [1.807, 2.05) is 55.5 Å². The molecule has 0 bridgehead atoms. The van der Waals surface area contributed by atoms with E-state index < -0.39 is 15.1 Å². The number of methoxy groups -OCH3 is 1. The van der Waals surface area contributed by atoms with Crippen molar-refractivity contribution in [3.8, 4) is 11.3 Å². The molecule has 4 aromatic rings. The van der Waals surface area contributed by atoms with Gasteiger partial charge in [-0.05, 0) is 24.6 Å². The summed E-state index contributed by atoms with van der Waals surface area (Å²) in [5, 5.41) is -1.05. The maximum atomic E-state index is 13.9. The van der Waals surface area contributed by atoms with Crippen LogP contribution in [0.25, 0.3) is 11.3 Å². The Hall–Kier alpha value is -3.22. The highest BCUT2D eigenvalue weighted by atomic mass is 32.2. The van der Waals surface area contributed by atoms with E-state index in [0.717, 1.165) is 11.1 Å². The molecule has 0 N–H and O–H groups in total. The van der Waals surface area contributed by atoms with E-state index in [9.17, 15) is 8.42 Å². The van der Waals surface area contributed by atoms with Gasteiger partial charge in [0.05, 0.1) is 4.90 Å². The topological polar surface area (TPSA) is 69.4 Å². The second-order valence-electron chi connectivity index (χ2n) is 7.27. The van der Waals surface area contributed by atoms with Gasteiger partial charge in [0.1, 0.15) is 12.3 Å². The third-order valence-electron chi connectivity index (χ3n) is 5.01. The van der Waals surface area contributed by atoms with Crippen molar-refractivity contribution >= 4 is 9.84 Å². The molecule has 0 saturated carbocycles. The molecule has 0 fully saturated rings. The van der Waals surface area contributed by atoms with Gasteiger partial charge in [0.15, 0.2) is 20.8 Å². The number of benzene rings is 3. The first-order valence-corrected chi connectivity index (χ1v) is 11.4. The number of ether oxygens (including phenoxy) is 1. The lowest BCUT2D eigenvalue weighted by Crippen LogP contribution is -2.15. The summed E-state index contributed by atoms with van der Waals surface area (Å²) in [4.78, 5) is 4.81. The van der Waals surface area contributed by atoms with Gasteiger partial charge in [-0.25, -0.2) is 13.4 Å². The standard InChI is InChI=1S/C25H23NO4S/c1-18-13-15-21(16-14-18)31(27,28)25(20-11-7-4-8-12-20)24-23(19-9-5-3-6-10-19)26-22(30-24)17-29-2/h3-16,25H,17H2,1-2H3. The van der Waals surface area contributed by atoms with Crippen LogP contribution >= 0.6 is 0 Å². The molecule has 1 aromatic heterocycles. The van der Waals surface area contributed by atoms with E-state index in [4.69, 9.17) is 9.15 Å². The van der Waals surface area contributed by atoms with Crippen molar-refractivity contribution in [1.82, 2.24) is 4.98 Å². The SMILES string of the molecule is COCc1nc(-c2ccccc2)c(C(c2ccccc2)S(=O)(=O)c2ccc(C)cc2)o1. The molecule has 31 heavy (non-hydrogen) atoms. The molecule has 1 heterocycles.